The Hall–Kier alpha value is -2.28. The first kappa shape index (κ1) is 17.1. The van der Waals surface area contributed by atoms with Crippen LogP contribution in [0.25, 0.3) is 0 Å². The molecule has 7 heteroatoms. The van der Waals surface area contributed by atoms with Gasteiger partial charge in [0.05, 0.1) is 12.3 Å². The van der Waals surface area contributed by atoms with Crippen LogP contribution in [-0.2, 0) is 9.53 Å². The molecule has 1 aliphatic heterocycles. The van der Waals surface area contributed by atoms with E-state index in [-0.39, 0.29) is 18.0 Å². The smallest absolute Gasteiger partial charge is 0.322 e. The fourth-order valence-corrected chi connectivity index (χ4v) is 2.32. The van der Waals surface area contributed by atoms with Gasteiger partial charge in [-0.3, -0.25) is 4.79 Å². The predicted octanol–water partition coefficient (Wildman–Crippen LogP) is 1.45. The standard InChI is InChI=1S/C16H23N3O4/c1-12-11-17-15(20)7-8-19(12)16(21)18-13-5-3-4-6-14(13)23-10-9-22-2/h3-6,12H,7-11H2,1-2H3,(H,17,20)(H,18,21)/t12-/m0/s1. The minimum Gasteiger partial charge on any atom is -0.489 e. The average molecular weight is 321 g/mol. The van der Waals surface area contributed by atoms with Crippen LogP contribution in [0.2, 0.25) is 0 Å². The molecule has 0 bridgehead atoms. The summed E-state index contributed by atoms with van der Waals surface area (Å²) in [6.45, 7) is 3.64. The zero-order chi connectivity index (χ0) is 16.7. The summed E-state index contributed by atoms with van der Waals surface area (Å²) in [6.07, 6.45) is 0.309. The lowest BCUT2D eigenvalue weighted by Crippen LogP contribution is -2.44. The van der Waals surface area contributed by atoms with Gasteiger partial charge in [0.1, 0.15) is 12.4 Å². The fourth-order valence-electron chi connectivity index (χ4n) is 2.32. The Morgan fingerprint density at radius 2 is 2.17 bits per heavy atom. The van der Waals surface area contributed by atoms with Gasteiger partial charge < -0.3 is 25.0 Å². The van der Waals surface area contributed by atoms with Gasteiger partial charge in [0, 0.05) is 32.7 Å². The second kappa shape index (κ2) is 8.38. The summed E-state index contributed by atoms with van der Waals surface area (Å²) in [5, 5.41) is 5.65. The Morgan fingerprint density at radius 1 is 1.39 bits per heavy atom. The Morgan fingerprint density at radius 3 is 2.96 bits per heavy atom. The highest BCUT2D eigenvalue weighted by Crippen LogP contribution is 2.24. The number of urea groups is 1. The van der Waals surface area contributed by atoms with Crippen LogP contribution in [0, 0.1) is 0 Å². The Bertz CT molecular complexity index is 550. The summed E-state index contributed by atoms with van der Waals surface area (Å²) in [5.41, 5.74) is 0.601. The number of nitrogens with zero attached hydrogens (tertiary/aromatic N) is 1. The molecule has 0 radical (unpaired) electrons. The van der Waals surface area contributed by atoms with Gasteiger partial charge >= 0.3 is 6.03 Å². The van der Waals surface area contributed by atoms with Crippen LogP contribution in [0.3, 0.4) is 0 Å². The van der Waals surface area contributed by atoms with Crippen LogP contribution in [-0.4, -0.2) is 56.3 Å². The number of rotatable bonds is 5. The van der Waals surface area contributed by atoms with Crippen molar-refractivity contribution in [2.45, 2.75) is 19.4 Å². The van der Waals surface area contributed by atoms with Crippen molar-refractivity contribution in [1.82, 2.24) is 10.2 Å². The molecule has 0 saturated carbocycles. The third-order valence-corrected chi connectivity index (χ3v) is 3.64. The maximum absolute atomic E-state index is 12.5. The highest BCUT2D eigenvalue weighted by Gasteiger charge is 2.25. The zero-order valence-corrected chi connectivity index (χ0v) is 13.5. The van der Waals surface area contributed by atoms with Crippen LogP contribution in [0.15, 0.2) is 24.3 Å². The van der Waals surface area contributed by atoms with Crippen LogP contribution in [0.5, 0.6) is 5.75 Å². The van der Waals surface area contributed by atoms with Crippen molar-refractivity contribution >= 4 is 17.6 Å². The maximum Gasteiger partial charge on any atom is 0.322 e. The number of para-hydroxylation sites is 2. The fraction of sp³-hybridized carbons (Fsp3) is 0.500. The second-order valence-electron chi connectivity index (χ2n) is 5.36. The molecule has 0 aliphatic carbocycles. The van der Waals surface area contributed by atoms with E-state index in [0.29, 0.717) is 44.2 Å². The van der Waals surface area contributed by atoms with Gasteiger partial charge in [-0.05, 0) is 19.1 Å². The van der Waals surface area contributed by atoms with E-state index in [0.717, 1.165) is 0 Å². The van der Waals surface area contributed by atoms with Crippen LogP contribution < -0.4 is 15.4 Å². The van der Waals surface area contributed by atoms with E-state index in [1.54, 1.807) is 24.1 Å². The largest absolute Gasteiger partial charge is 0.489 e. The first-order valence-electron chi connectivity index (χ1n) is 7.67. The molecule has 0 spiro atoms. The first-order chi connectivity index (χ1) is 11.1. The number of anilines is 1. The van der Waals surface area contributed by atoms with E-state index in [1.807, 2.05) is 19.1 Å². The summed E-state index contributed by atoms with van der Waals surface area (Å²) in [4.78, 5) is 25.6. The number of amides is 3. The second-order valence-corrected chi connectivity index (χ2v) is 5.36. The number of ether oxygens (including phenoxy) is 2. The molecule has 0 unspecified atom stereocenters. The molecule has 1 aliphatic rings. The molecular weight excluding hydrogens is 298 g/mol. The molecule has 1 saturated heterocycles. The van der Waals surface area contributed by atoms with Crippen molar-refractivity contribution in [3.05, 3.63) is 24.3 Å². The summed E-state index contributed by atoms with van der Waals surface area (Å²) >= 11 is 0. The zero-order valence-electron chi connectivity index (χ0n) is 13.5. The molecule has 1 atom stereocenters. The molecule has 1 heterocycles. The number of methoxy groups -OCH3 is 1. The third-order valence-electron chi connectivity index (χ3n) is 3.64. The van der Waals surface area contributed by atoms with E-state index in [1.165, 1.54) is 0 Å². The van der Waals surface area contributed by atoms with Gasteiger partial charge in [-0.15, -0.1) is 0 Å². The molecule has 1 fully saturated rings. The van der Waals surface area contributed by atoms with E-state index in [2.05, 4.69) is 10.6 Å². The van der Waals surface area contributed by atoms with Gasteiger partial charge in [-0.2, -0.15) is 0 Å². The van der Waals surface area contributed by atoms with Crippen LogP contribution >= 0.6 is 0 Å². The summed E-state index contributed by atoms with van der Waals surface area (Å²) in [6, 6.07) is 6.94. The van der Waals surface area contributed by atoms with Crippen molar-refractivity contribution in [2.24, 2.45) is 0 Å². The number of nitrogens with one attached hydrogen (secondary N) is 2. The lowest BCUT2D eigenvalue weighted by molar-refractivity contribution is -0.120. The monoisotopic (exact) mass is 321 g/mol. The third kappa shape index (κ3) is 4.85. The number of carbonyl (C=O) groups is 2. The molecule has 2 rings (SSSR count). The lowest BCUT2D eigenvalue weighted by atomic mass is 10.2. The summed E-state index contributed by atoms with van der Waals surface area (Å²) < 4.78 is 10.6. The van der Waals surface area contributed by atoms with Gasteiger partial charge in [-0.1, -0.05) is 12.1 Å². The van der Waals surface area contributed by atoms with E-state index < -0.39 is 0 Å². The van der Waals surface area contributed by atoms with Gasteiger partial charge in [0.15, 0.2) is 0 Å². The minimum atomic E-state index is -0.239. The minimum absolute atomic E-state index is 0.0320. The van der Waals surface area contributed by atoms with Gasteiger partial charge in [0.2, 0.25) is 5.91 Å². The van der Waals surface area contributed by atoms with E-state index >= 15 is 0 Å². The van der Waals surface area contributed by atoms with Crippen LogP contribution in [0.1, 0.15) is 13.3 Å². The predicted molar refractivity (Wildman–Crippen MR) is 86.6 cm³/mol. The topological polar surface area (TPSA) is 79.9 Å². The Labute approximate surface area is 135 Å². The van der Waals surface area contributed by atoms with Crippen molar-refractivity contribution < 1.29 is 19.1 Å². The first-order valence-corrected chi connectivity index (χ1v) is 7.67. The Balaban J connectivity index is 2.03. The van der Waals surface area contributed by atoms with Crippen LogP contribution in [0.4, 0.5) is 10.5 Å². The number of benzene rings is 1. The average Bonchev–Trinajstić information content (AvgIpc) is 2.71. The number of carbonyl (C=O) groups excluding carboxylic acids is 2. The van der Waals surface area contributed by atoms with Crippen molar-refractivity contribution in [3.63, 3.8) is 0 Å². The summed E-state index contributed by atoms with van der Waals surface area (Å²) in [5.74, 6) is 0.560. The Kier molecular flexibility index (Phi) is 6.22. The summed E-state index contributed by atoms with van der Waals surface area (Å²) in [7, 11) is 1.60. The van der Waals surface area contributed by atoms with Crippen molar-refractivity contribution in [1.29, 1.82) is 0 Å². The van der Waals surface area contributed by atoms with E-state index in [9.17, 15) is 9.59 Å². The molecule has 7 nitrogen and oxygen atoms in total. The molecule has 1 aromatic rings. The number of hydrogen-bond acceptors (Lipinski definition) is 4. The number of hydrogen-bond donors (Lipinski definition) is 2. The quantitative estimate of drug-likeness (QED) is 0.805. The molecule has 1 aromatic carbocycles. The molecule has 0 aromatic heterocycles. The molecule has 3 amide bonds. The lowest BCUT2D eigenvalue weighted by Gasteiger charge is -2.27. The van der Waals surface area contributed by atoms with Crippen molar-refractivity contribution in [2.75, 3.05) is 38.7 Å². The normalized spacial score (nSPS) is 18.1. The highest BCUT2D eigenvalue weighted by atomic mass is 16.5. The maximum atomic E-state index is 12.5. The van der Waals surface area contributed by atoms with E-state index in [4.69, 9.17) is 9.47 Å². The molecule has 2 N–H and O–H groups in total. The molecular formula is C16H23N3O4. The molecule has 126 valence electrons. The van der Waals surface area contributed by atoms with Gasteiger partial charge in [-0.25, -0.2) is 4.79 Å². The SMILES string of the molecule is COCCOc1ccccc1NC(=O)N1CCC(=O)NC[C@@H]1C. The van der Waals surface area contributed by atoms with Crippen molar-refractivity contribution in [3.8, 4) is 5.75 Å². The molecule has 23 heavy (non-hydrogen) atoms. The highest BCUT2D eigenvalue weighted by molar-refractivity contribution is 5.91. The van der Waals surface area contributed by atoms with Gasteiger partial charge in [0.25, 0.3) is 0 Å².